The molecular weight excluding hydrogens is 494 g/mol. The predicted molar refractivity (Wildman–Crippen MR) is 138 cm³/mol. The largest absolute Gasteiger partial charge is 0.496 e. The number of carbonyl (C=O) groups is 1. The maximum absolute atomic E-state index is 13.8. The zero-order chi connectivity index (χ0) is 26.6. The number of aromatic nitrogens is 1. The van der Waals surface area contributed by atoms with Gasteiger partial charge in [-0.05, 0) is 67.1 Å². The molecule has 0 bridgehead atoms. The third-order valence-electron chi connectivity index (χ3n) is 6.43. The second-order valence-electron chi connectivity index (χ2n) is 9.25. The molecule has 3 aromatic carbocycles. The number of hydrogen-bond acceptors (Lipinski definition) is 7. The van der Waals surface area contributed by atoms with Crippen LogP contribution in [0.4, 0.5) is 14.6 Å². The molecule has 38 heavy (non-hydrogen) atoms. The van der Waals surface area contributed by atoms with Gasteiger partial charge in [-0.1, -0.05) is 23.4 Å². The molecule has 1 fully saturated rings. The minimum absolute atomic E-state index is 0.113. The third-order valence-corrected chi connectivity index (χ3v) is 6.43. The molecule has 0 saturated heterocycles. The molecule has 1 aliphatic carbocycles. The second-order valence-corrected chi connectivity index (χ2v) is 9.25. The molecule has 5 rings (SSSR count). The fourth-order valence-electron chi connectivity index (χ4n) is 4.31. The van der Waals surface area contributed by atoms with Crippen LogP contribution in [0.2, 0.25) is 0 Å². The first-order valence-electron chi connectivity index (χ1n) is 12.5. The summed E-state index contributed by atoms with van der Waals surface area (Å²) >= 11 is 0. The first-order chi connectivity index (χ1) is 18.4. The maximum Gasteiger partial charge on any atom is 0.325 e. The second kappa shape index (κ2) is 11.1. The summed E-state index contributed by atoms with van der Waals surface area (Å²) in [6.07, 6.45) is 2.27. The fourth-order valence-corrected chi connectivity index (χ4v) is 4.31. The maximum atomic E-state index is 13.8. The summed E-state index contributed by atoms with van der Waals surface area (Å²) in [6.45, 7) is 3.23. The summed E-state index contributed by atoms with van der Waals surface area (Å²) in [5, 5.41) is 5.06. The highest BCUT2D eigenvalue weighted by Crippen LogP contribution is 2.35. The molecule has 4 aromatic rings. The Labute approximate surface area is 218 Å². The van der Waals surface area contributed by atoms with Crippen LogP contribution in [-0.2, 0) is 16.1 Å². The van der Waals surface area contributed by atoms with E-state index in [1.165, 1.54) is 7.11 Å². The highest BCUT2D eigenvalue weighted by molar-refractivity contribution is 5.90. The molecule has 0 amide bonds. The first-order valence-corrected chi connectivity index (χ1v) is 12.5. The number of fused-ring (bicyclic) bond motifs is 1. The van der Waals surface area contributed by atoms with E-state index in [9.17, 15) is 13.6 Å². The van der Waals surface area contributed by atoms with Crippen molar-refractivity contribution in [1.82, 2.24) is 5.16 Å². The molecule has 0 spiro atoms. The van der Waals surface area contributed by atoms with Crippen molar-refractivity contribution in [1.29, 1.82) is 0 Å². The molecule has 1 aliphatic rings. The van der Waals surface area contributed by atoms with Gasteiger partial charge in [-0.3, -0.25) is 4.79 Å². The van der Waals surface area contributed by atoms with Crippen LogP contribution < -0.4 is 14.4 Å². The Hall–Kier alpha value is -4.14. The van der Waals surface area contributed by atoms with E-state index in [1.54, 1.807) is 31.2 Å². The monoisotopic (exact) mass is 522 g/mol. The third kappa shape index (κ3) is 5.72. The number of methoxy groups -OCH3 is 1. The minimum atomic E-state index is -0.963. The van der Waals surface area contributed by atoms with Gasteiger partial charge in [0.05, 0.1) is 19.1 Å². The molecule has 0 unspecified atom stereocenters. The van der Waals surface area contributed by atoms with Gasteiger partial charge in [0, 0.05) is 18.2 Å². The standard InChI is InChI=1S/C29H28F2N2O5/c1-3-36-28(34)16-33(15-18-4-5-18)29-23-12-19(6-11-26(23)38-32-29)17-37-21-9-7-20(8-10-21)22-13-24(30)25(31)14-27(22)35-2/h6-14,18H,3-5,15-17H2,1-2H3. The van der Waals surface area contributed by atoms with Gasteiger partial charge in [-0.2, -0.15) is 0 Å². The van der Waals surface area contributed by atoms with Gasteiger partial charge in [-0.25, -0.2) is 8.78 Å². The van der Waals surface area contributed by atoms with Crippen molar-refractivity contribution in [2.75, 3.05) is 31.7 Å². The lowest BCUT2D eigenvalue weighted by molar-refractivity contribution is -0.141. The van der Waals surface area contributed by atoms with Gasteiger partial charge < -0.3 is 23.6 Å². The number of ether oxygens (including phenoxy) is 3. The van der Waals surface area contributed by atoms with E-state index < -0.39 is 11.6 Å². The summed E-state index contributed by atoms with van der Waals surface area (Å²) in [5.41, 5.74) is 2.64. The van der Waals surface area contributed by atoms with Gasteiger partial charge in [0.2, 0.25) is 0 Å². The zero-order valence-corrected chi connectivity index (χ0v) is 21.2. The highest BCUT2D eigenvalue weighted by atomic mass is 19.2. The van der Waals surface area contributed by atoms with E-state index >= 15 is 0 Å². The number of anilines is 1. The molecule has 1 heterocycles. The van der Waals surface area contributed by atoms with Gasteiger partial charge in [0.15, 0.2) is 23.0 Å². The van der Waals surface area contributed by atoms with Crippen LogP contribution in [0.1, 0.15) is 25.3 Å². The zero-order valence-electron chi connectivity index (χ0n) is 21.2. The van der Waals surface area contributed by atoms with Gasteiger partial charge in [0.1, 0.15) is 24.7 Å². The number of nitrogens with zero attached hydrogens (tertiary/aromatic N) is 2. The topological polar surface area (TPSA) is 74.0 Å². The lowest BCUT2D eigenvalue weighted by Crippen LogP contribution is -2.33. The van der Waals surface area contributed by atoms with E-state index in [1.807, 2.05) is 23.1 Å². The quantitative estimate of drug-likeness (QED) is 0.219. The molecule has 0 N–H and O–H groups in total. The van der Waals surface area contributed by atoms with Gasteiger partial charge >= 0.3 is 5.97 Å². The van der Waals surface area contributed by atoms with Crippen molar-refractivity contribution in [3.63, 3.8) is 0 Å². The summed E-state index contributed by atoms with van der Waals surface area (Å²) in [4.78, 5) is 14.1. The number of hydrogen-bond donors (Lipinski definition) is 0. The van der Waals surface area contributed by atoms with E-state index in [2.05, 4.69) is 5.16 Å². The van der Waals surface area contributed by atoms with E-state index in [0.29, 0.717) is 40.8 Å². The van der Waals surface area contributed by atoms with Crippen molar-refractivity contribution in [3.05, 3.63) is 71.8 Å². The van der Waals surface area contributed by atoms with E-state index in [0.717, 1.165) is 42.5 Å². The van der Waals surface area contributed by atoms with Gasteiger partial charge in [-0.15, -0.1) is 0 Å². The number of halogens is 2. The molecule has 1 saturated carbocycles. The molecular formula is C29H28F2N2O5. The van der Waals surface area contributed by atoms with Crippen LogP contribution in [0.25, 0.3) is 22.1 Å². The number of rotatable bonds is 11. The normalized spacial score (nSPS) is 12.9. The van der Waals surface area contributed by atoms with Crippen molar-refractivity contribution >= 4 is 22.8 Å². The number of esters is 1. The summed E-state index contributed by atoms with van der Waals surface area (Å²) < 4.78 is 49.2. The molecule has 0 atom stereocenters. The Balaban J connectivity index is 1.31. The number of carbonyl (C=O) groups excluding carboxylic acids is 1. The fraction of sp³-hybridized carbons (Fsp3) is 0.310. The van der Waals surface area contributed by atoms with Gasteiger partial charge in [0.25, 0.3) is 0 Å². The Morgan fingerprint density at radius 2 is 1.84 bits per heavy atom. The molecule has 7 nitrogen and oxygen atoms in total. The van der Waals surface area contributed by atoms with Crippen molar-refractivity contribution in [3.8, 4) is 22.6 Å². The van der Waals surface area contributed by atoms with Crippen LogP contribution in [0, 0.1) is 17.6 Å². The lowest BCUT2D eigenvalue weighted by Gasteiger charge is -2.21. The van der Waals surface area contributed by atoms with E-state index in [-0.39, 0.29) is 24.9 Å². The highest BCUT2D eigenvalue weighted by Gasteiger charge is 2.28. The predicted octanol–water partition coefficient (Wildman–Crippen LogP) is 6.14. The Kier molecular flexibility index (Phi) is 7.44. The molecule has 1 aromatic heterocycles. The SMILES string of the molecule is CCOC(=O)CN(CC1CC1)c1noc2ccc(COc3ccc(-c4cc(F)c(F)cc4OC)cc3)cc12. The van der Waals surface area contributed by atoms with Crippen molar-refractivity contribution in [2.45, 2.75) is 26.4 Å². The Morgan fingerprint density at radius 1 is 1.08 bits per heavy atom. The molecule has 0 aliphatic heterocycles. The van der Waals surface area contributed by atoms with Crippen LogP contribution in [0.15, 0.2) is 59.1 Å². The summed E-state index contributed by atoms with van der Waals surface area (Å²) in [6, 6.07) is 14.9. The summed E-state index contributed by atoms with van der Waals surface area (Å²) in [5.74, 6) is -0.192. The van der Waals surface area contributed by atoms with Crippen molar-refractivity contribution in [2.24, 2.45) is 5.92 Å². The van der Waals surface area contributed by atoms with Crippen LogP contribution in [0.3, 0.4) is 0 Å². The minimum Gasteiger partial charge on any atom is -0.496 e. The van der Waals surface area contributed by atoms with Crippen LogP contribution in [-0.4, -0.2) is 37.9 Å². The van der Waals surface area contributed by atoms with E-state index in [4.69, 9.17) is 18.7 Å². The average Bonchev–Trinajstić information content (AvgIpc) is 3.64. The molecule has 0 radical (unpaired) electrons. The smallest absolute Gasteiger partial charge is 0.325 e. The Bertz CT molecular complexity index is 1430. The summed E-state index contributed by atoms with van der Waals surface area (Å²) in [7, 11) is 1.41. The van der Waals surface area contributed by atoms with Crippen molar-refractivity contribution < 1.29 is 32.3 Å². The van der Waals surface area contributed by atoms with Crippen LogP contribution >= 0.6 is 0 Å². The number of benzene rings is 3. The first kappa shape index (κ1) is 25.5. The molecule has 198 valence electrons. The average molecular weight is 523 g/mol. The van der Waals surface area contributed by atoms with Crippen LogP contribution in [0.5, 0.6) is 11.5 Å². The Morgan fingerprint density at radius 3 is 2.55 bits per heavy atom. The molecule has 9 heteroatoms. The lowest BCUT2D eigenvalue weighted by atomic mass is 10.0.